The number of hydrogen-bond acceptors (Lipinski definition) is 5. The van der Waals surface area contributed by atoms with Crippen molar-refractivity contribution in [1.82, 2.24) is 0 Å². The molecule has 0 spiro atoms. The fourth-order valence-electron chi connectivity index (χ4n) is 1.27. The summed E-state index contributed by atoms with van der Waals surface area (Å²) >= 11 is 3.07. The number of hydrogen-bond donors (Lipinski definition) is 2. The number of anilines is 1. The average Bonchev–Trinajstić information content (AvgIpc) is 2.11. The molecular weight excluding hydrogens is 362 g/mol. The summed E-state index contributed by atoms with van der Waals surface area (Å²) in [5.41, 5.74) is -0.481. The van der Waals surface area contributed by atoms with Crippen LogP contribution >= 0.6 is 15.9 Å². The van der Waals surface area contributed by atoms with Crippen LogP contribution in [0.4, 0.5) is 5.69 Å². The Morgan fingerprint density at radius 3 is 2.37 bits per heavy atom. The fourth-order valence-corrected chi connectivity index (χ4v) is 4.62. The molecule has 1 aromatic rings. The van der Waals surface area contributed by atoms with E-state index in [0.717, 1.165) is 6.26 Å². The minimum absolute atomic E-state index is 0.203. The molecule has 0 amide bonds. The quantitative estimate of drug-likeness (QED) is 0.793. The number of sulfone groups is 1. The van der Waals surface area contributed by atoms with Crippen LogP contribution in [0.1, 0.15) is 10.4 Å². The molecule has 1 aromatic carbocycles. The molecular formula is C9H10BrNO6S2. The minimum atomic E-state index is -4.19. The van der Waals surface area contributed by atoms with Gasteiger partial charge < -0.3 is 5.11 Å². The highest BCUT2D eigenvalue weighted by Crippen LogP contribution is 2.22. The van der Waals surface area contributed by atoms with Crippen LogP contribution < -0.4 is 4.72 Å². The maximum atomic E-state index is 11.6. The Balaban J connectivity index is 3.19. The predicted octanol–water partition coefficient (Wildman–Crippen LogP) is 0.891. The van der Waals surface area contributed by atoms with Gasteiger partial charge in [0.05, 0.1) is 11.3 Å². The number of rotatable bonds is 5. The highest BCUT2D eigenvalue weighted by molar-refractivity contribution is 9.10. The van der Waals surface area contributed by atoms with Gasteiger partial charge >= 0.3 is 5.97 Å². The first-order valence-electron chi connectivity index (χ1n) is 4.71. The van der Waals surface area contributed by atoms with E-state index in [-0.39, 0.29) is 11.3 Å². The molecule has 7 nitrogen and oxygen atoms in total. The number of carbonyl (C=O) groups is 1. The van der Waals surface area contributed by atoms with Crippen molar-refractivity contribution >= 4 is 47.4 Å². The second kappa shape index (κ2) is 5.47. The number of carboxylic acid groups (broad SMARTS) is 1. The van der Waals surface area contributed by atoms with Crippen LogP contribution in [0.5, 0.6) is 0 Å². The van der Waals surface area contributed by atoms with E-state index < -0.39 is 30.9 Å². The van der Waals surface area contributed by atoms with Crippen LogP contribution in [0.15, 0.2) is 22.7 Å². The molecule has 0 atom stereocenters. The third kappa shape index (κ3) is 5.17. The van der Waals surface area contributed by atoms with Crippen LogP contribution in [-0.2, 0) is 19.9 Å². The molecule has 0 aliphatic carbocycles. The molecule has 106 valence electrons. The lowest BCUT2D eigenvalue weighted by Crippen LogP contribution is -2.23. The molecule has 0 radical (unpaired) electrons. The maximum Gasteiger partial charge on any atom is 0.337 e. The highest BCUT2D eigenvalue weighted by Gasteiger charge is 2.21. The molecule has 0 aliphatic rings. The van der Waals surface area contributed by atoms with E-state index in [1.165, 1.54) is 18.2 Å². The van der Waals surface area contributed by atoms with E-state index in [1.807, 2.05) is 4.72 Å². The van der Waals surface area contributed by atoms with E-state index in [2.05, 4.69) is 15.9 Å². The maximum absolute atomic E-state index is 11.6. The number of halogens is 1. The van der Waals surface area contributed by atoms with Gasteiger partial charge in [0.25, 0.3) is 0 Å². The largest absolute Gasteiger partial charge is 0.478 e. The highest BCUT2D eigenvalue weighted by atomic mass is 79.9. The van der Waals surface area contributed by atoms with Gasteiger partial charge in [-0.25, -0.2) is 21.6 Å². The summed E-state index contributed by atoms with van der Waals surface area (Å²) in [5.74, 6) is -1.33. The molecule has 0 saturated carbocycles. The predicted molar refractivity (Wildman–Crippen MR) is 73.4 cm³/mol. The van der Waals surface area contributed by atoms with E-state index in [4.69, 9.17) is 5.11 Å². The van der Waals surface area contributed by atoms with Crippen LogP contribution in [-0.4, -0.2) is 39.3 Å². The molecule has 0 aliphatic heterocycles. The Morgan fingerprint density at radius 1 is 1.32 bits per heavy atom. The number of benzene rings is 1. The van der Waals surface area contributed by atoms with Crippen molar-refractivity contribution in [3.05, 3.63) is 28.2 Å². The zero-order valence-electron chi connectivity index (χ0n) is 9.62. The van der Waals surface area contributed by atoms with Gasteiger partial charge in [-0.2, -0.15) is 0 Å². The number of sulfonamides is 1. The number of nitrogens with one attached hydrogen (secondary N) is 1. The number of aromatic carboxylic acids is 1. The van der Waals surface area contributed by atoms with Gasteiger partial charge in [0.2, 0.25) is 10.0 Å². The van der Waals surface area contributed by atoms with Gasteiger partial charge in [0.1, 0.15) is 0 Å². The van der Waals surface area contributed by atoms with Gasteiger partial charge in [-0.15, -0.1) is 0 Å². The summed E-state index contributed by atoms with van der Waals surface area (Å²) < 4.78 is 47.6. The first-order chi connectivity index (χ1) is 8.50. The molecule has 0 saturated heterocycles. The van der Waals surface area contributed by atoms with Crippen molar-refractivity contribution in [2.24, 2.45) is 0 Å². The van der Waals surface area contributed by atoms with Gasteiger partial charge in [-0.3, -0.25) is 4.72 Å². The van der Waals surface area contributed by atoms with E-state index in [0.29, 0.717) is 4.47 Å². The Hall–Kier alpha value is -1.13. The van der Waals surface area contributed by atoms with Crippen LogP contribution in [0.2, 0.25) is 0 Å². The number of carboxylic acids is 1. The summed E-state index contributed by atoms with van der Waals surface area (Å²) in [5, 5.41) is 7.80. The second-order valence-corrected chi connectivity index (χ2v) is 8.90. The van der Waals surface area contributed by atoms with Gasteiger partial charge in [0.15, 0.2) is 14.9 Å². The smallest absolute Gasteiger partial charge is 0.337 e. The van der Waals surface area contributed by atoms with Gasteiger partial charge in [0, 0.05) is 10.7 Å². The third-order valence-electron chi connectivity index (χ3n) is 1.85. The van der Waals surface area contributed by atoms with E-state index in [1.54, 1.807) is 0 Å². The van der Waals surface area contributed by atoms with Crippen LogP contribution in [0.3, 0.4) is 0 Å². The molecule has 1 rings (SSSR count). The van der Waals surface area contributed by atoms with Crippen LogP contribution in [0.25, 0.3) is 0 Å². The molecule has 0 aromatic heterocycles. The minimum Gasteiger partial charge on any atom is -0.478 e. The van der Waals surface area contributed by atoms with Crippen molar-refractivity contribution in [2.75, 3.05) is 16.1 Å². The summed E-state index contributed by atoms with van der Waals surface area (Å²) in [4.78, 5) is 10.9. The molecule has 0 heterocycles. The molecule has 10 heteroatoms. The molecule has 0 fully saturated rings. The third-order valence-corrected chi connectivity index (χ3v) is 5.82. The SMILES string of the molecule is CS(=O)(=O)CS(=O)(=O)Nc1cc(Br)ccc1C(=O)O. The van der Waals surface area contributed by atoms with Crippen molar-refractivity contribution in [3.63, 3.8) is 0 Å². The Kier molecular flexibility index (Phi) is 4.59. The van der Waals surface area contributed by atoms with Gasteiger partial charge in [-0.1, -0.05) is 15.9 Å². The van der Waals surface area contributed by atoms with Crippen molar-refractivity contribution in [3.8, 4) is 0 Å². The average molecular weight is 372 g/mol. The van der Waals surface area contributed by atoms with E-state index in [9.17, 15) is 21.6 Å². The van der Waals surface area contributed by atoms with Gasteiger partial charge in [-0.05, 0) is 18.2 Å². The standard InChI is InChI=1S/C9H10BrNO6S2/c1-18(14,15)5-19(16,17)11-8-4-6(10)2-3-7(8)9(12)13/h2-4,11H,5H2,1H3,(H,12,13). The lowest BCUT2D eigenvalue weighted by molar-refractivity contribution is 0.0698. The lowest BCUT2D eigenvalue weighted by atomic mass is 10.2. The molecule has 2 N–H and O–H groups in total. The summed E-state index contributed by atoms with van der Waals surface area (Å²) in [7, 11) is -7.94. The van der Waals surface area contributed by atoms with Crippen molar-refractivity contribution < 1.29 is 26.7 Å². The second-order valence-electron chi connectivity index (χ2n) is 3.76. The normalized spacial score (nSPS) is 12.1. The first kappa shape index (κ1) is 15.9. The van der Waals surface area contributed by atoms with Crippen molar-refractivity contribution in [2.45, 2.75) is 0 Å². The molecule has 0 unspecified atom stereocenters. The summed E-state index contributed by atoms with van der Waals surface area (Å²) in [6.07, 6.45) is 0.769. The Morgan fingerprint density at radius 2 is 1.89 bits per heavy atom. The van der Waals surface area contributed by atoms with Crippen LogP contribution in [0, 0.1) is 0 Å². The van der Waals surface area contributed by atoms with E-state index >= 15 is 0 Å². The topological polar surface area (TPSA) is 118 Å². The monoisotopic (exact) mass is 371 g/mol. The summed E-state index contributed by atoms with van der Waals surface area (Å²) in [6, 6.07) is 3.87. The zero-order chi connectivity index (χ0) is 14.8. The molecule has 19 heavy (non-hydrogen) atoms. The van der Waals surface area contributed by atoms with Crippen molar-refractivity contribution in [1.29, 1.82) is 0 Å². The fraction of sp³-hybridized carbons (Fsp3) is 0.222. The summed E-state index contributed by atoms with van der Waals surface area (Å²) in [6.45, 7) is 0. The lowest BCUT2D eigenvalue weighted by Gasteiger charge is -2.10. The Bertz CT molecular complexity index is 710. The Labute approximate surface area is 118 Å². The zero-order valence-corrected chi connectivity index (χ0v) is 12.8. The first-order valence-corrected chi connectivity index (χ1v) is 9.22. The molecule has 0 bridgehead atoms.